The number of hydrogen-bond acceptors (Lipinski definition) is 11. The van der Waals surface area contributed by atoms with Crippen LogP contribution in [0.2, 0.25) is 0 Å². The number of nitrogens with zero attached hydrogens (tertiary/aromatic N) is 5. The van der Waals surface area contributed by atoms with E-state index in [1.54, 1.807) is 74.4 Å². The second kappa shape index (κ2) is 12.6. The second-order valence-corrected chi connectivity index (χ2v) is 15.9. The molecule has 14 nitrogen and oxygen atoms in total. The number of carbonyl (C=O) groups is 3. The summed E-state index contributed by atoms with van der Waals surface area (Å²) in [5, 5.41) is 5.52. The van der Waals surface area contributed by atoms with Gasteiger partial charge < -0.3 is 27.6 Å². The van der Waals surface area contributed by atoms with Crippen LogP contribution in [-0.2, 0) is 20.8 Å². The van der Waals surface area contributed by atoms with E-state index < -0.39 is 64.7 Å². The second-order valence-electron chi connectivity index (χ2n) is 15.9. The summed E-state index contributed by atoms with van der Waals surface area (Å²) >= 11 is 0. The summed E-state index contributed by atoms with van der Waals surface area (Å²) in [5.41, 5.74) is -4.02. The van der Waals surface area contributed by atoms with Crippen LogP contribution >= 0.6 is 0 Å². The van der Waals surface area contributed by atoms with E-state index in [1.807, 2.05) is 0 Å². The Balaban J connectivity index is 1.51. The zero-order chi connectivity index (χ0) is 39.9. The topological polar surface area (TPSA) is 161 Å². The molecule has 5 heterocycles. The third-order valence-electron chi connectivity index (χ3n) is 8.23. The molecule has 55 heavy (non-hydrogen) atoms. The maximum atomic E-state index is 16.5. The van der Waals surface area contributed by atoms with Crippen molar-refractivity contribution < 1.29 is 46.2 Å². The van der Waals surface area contributed by atoms with Crippen molar-refractivity contribution in [3.63, 3.8) is 0 Å². The molecule has 0 aliphatic carbocycles. The molecule has 0 radical (unpaired) electrons. The van der Waals surface area contributed by atoms with Crippen molar-refractivity contribution in [2.75, 3.05) is 4.90 Å². The van der Waals surface area contributed by atoms with Gasteiger partial charge in [-0.05, 0) is 92.6 Å². The van der Waals surface area contributed by atoms with E-state index >= 15 is 8.78 Å². The van der Waals surface area contributed by atoms with E-state index in [4.69, 9.17) is 23.0 Å². The molecule has 0 spiro atoms. The molecule has 0 saturated heterocycles. The fraction of sp³-hybridized carbons (Fsp3) is 0.333. The van der Waals surface area contributed by atoms with Gasteiger partial charge in [-0.3, -0.25) is 0 Å². The average molecular weight is 758 g/mol. The van der Waals surface area contributed by atoms with Crippen LogP contribution < -0.4 is 10.5 Å². The third kappa shape index (κ3) is 6.72. The first-order valence-electron chi connectivity index (χ1n) is 17.2. The molecule has 7 aromatic rings. The number of benzene rings is 2. The summed E-state index contributed by atoms with van der Waals surface area (Å²) in [5.74, 6) is -1.98. The molecule has 0 unspecified atom stereocenters. The van der Waals surface area contributed by atoms with Crippen LogP contribution in [0.4, 0.5) is 29.0 Å². The molecule has 0 aliphatic rings. The highest BCUT2D eigenvalue weighted by atomic mass is 19.1. The number of amides is 2. The maximum Gasteiger partial charge on any atom is 0.435 e. The third-order valence-corrected chi connectivity index (χ3v) is 8.23. The lowest BCUT2D eigenvalue weighted by Crippen LogP contribution is -2.44. The molecular formula is C39H37F2N5O9. The molecule has 2 aromatic carbocycles. The number of ether oxygens (including phenoxy) is 3. The van der Waals surface area contributed by atoms with Gasteiger partial charge in [0, 0.05) is 34.0 Å². The van der Waals surface area contributed by atoms with Crippen LogP contribution in [0.5, 0.6) is 0 Å². The van der Waals surface area contributed by atoms with Gasteiger partial charge in [0.1, 0.15) is 39.5 Å². The summed E-state index contributed by atoms with van der Waals surface area (Å²) in [6.07, 6.45) is -0.650. The average Bonchev–Trinajstić information content (AvgIpc) is 3.75. The molecule has 0 atom stereocenters. The van der Waals surface area contributed by atoms with Crippen LogP contribution in [-0.4, -0.2) is 54.4 Å². The van der Waals surface area contributed by atoms with Crippen LogP contribution in [0.25, 0.3) is 54.8 Å². The smallest absolute Gasteiger partial charge is 0.435 e. The quantitative estimate of drug-likeness (QED) is 0.158. The molecule has 286 valence electrons. The Kier molecular flexibility index (Phi) is 8.50. The van der Waals surface area contributed by atoms with Gasteiger partial charge in [-0.2, -0.15) is 9.58 Å². The van der Waals surface area contributed by atoms with Crippen LogP contribution in [0.15, 0.2) is 62.5 Å². The van der Waals surface area contributed by atoms with E-state index in [0.717, 1.165) is 10.7 Å². The van der Waals surface area contributed by atoms with Gasteiger partial charge in [-0.15, -0.1) is 5.10 Å². The normalized spacial score (nSPS) is 12.6. The van der Waals surface area contributed by atoms with Crippen LogP contribution in [0.1, 0.15) is 67.9 Å². The van der Waals surface area contributed by atoms with Crippen molar-refractivity contribution in [3.05, 3.63) is 76.5 Å². The van der Waals surface area contributed by atoms with Gasteiger partial charge in [-0.25, -0.2) is 32.9 Å². The minimum Gasteiger partial charge on any atom is -0.463 e. The van der Waals surface area contributed by atoms with E-state index in [1.165, 1.54) is 35.2 Å². The summed E-state index contributed by atoms with van der Waals surface area (Å²) in [4.78, 5) is 59.5. The van der Waals surface area contributed by atoms with Crippen molar-refractivity contribution in [1.82, 2.24) is 19.3 Å². The van der Waals surface area contributed by atoms with Gasteiger partial charge in [0.15, 0.2) is 5.82 Å². The molecule has 16 heteroatoms. The Labute approximate surface area is 311 Å². The highest BCUT2D eigenvalue weighted by Crippen LogP contribution is 2.40. The summed E-state index contributed by atoms with van der Waals surface area (Å²) in [7, 11) is 0. The first kappa shape index (κ1) is 37.0. The molecule has 5 aromatic heterocycles. The van der Waals surface area contributed by atoms with Gasteiger partial charge in [0.25, 0.3) is 0 Å². The molecule has 0 aliphatic heterocycles. The zero-order valence-corrected chi connectivity index (χ0v) is 31.5. The molecule has 2 amide bonds. The Morgan fingerprint density at radius 3 is 2.07 bits per heavy atom. The number of halogens is 2. The summed E-state index contributed by atoms with van der Waals surface area (Å²) < 4.78 is 62.2. The number of imide groups is 1. The number of hydrogen-bond donors (Lipinski definition) is 0. The lowest BCUT2D eigenvalue weighted by atomic mass is 10.1. The van der Waals surface area contributed by atoms with E-state index in [-0.39, 0.29) is 44.2 Å². The largest absolute Gasteiger partial charge is 0.463 e. The van der Waals surface area contributed by atoms with E-state index in [0.29, 0.717) is 21.1 Å². The summed E-state index contributed by atoms with van der Waals surface area (Å²) in [6, 6.07) is 8.24. The van der Waals surface area contributed by atoms with Crippen molar-refractivity contribution in [2.45, 2.75) is 85.7 Å². The number of carbonyl (C=O) groups excluding carboxylic acids is 3. The minimum absolute atomic E-state index is 0.0271. The number of furan rings is 1. The molecule has 0 fully saturated rings. The number of pyridine rings is 1. The van der Waals surface area contributed by atoms with Gasteiger partial charge >= 0.3 is 23.9 Å². The molecule has 0 bridgehead atoms. The predicted octanol–water partition coefficient (Wildman–Crippen LogP) is 9.18. The summed E-state index contributed by atoms with van der Waals surface area (Å²) in [6.45, 7) is 14.0. The number of aromatic nitrogens is 4. The van der Waals surface area contributed by atoms with Crippen molar-refractivity contribution in [3.8, 4) is 0 Å². The number of anilines is 1. The predicted molar refractivity (Wildman–Crippen MR) is 198 cm³/mol. The molecule has 0 saturated carbocycles. The highest BCUT2D eigenvalue weighted by molar-refractivity contribution is 6.25. The lowest BCUT2D eigenvalue weighted by Gasteiger charge is -2.27. The molecule has 7 rings (SSSR count). The molecular weight excluding hydrogens is 720 g/mol. The number of fused-ring (bicyclic) bond motifs is 8. The Morgan fingerprint density at radius 2 is 1.44 bits per heavy atom. The fourth-order valence-corrected chi connectivity index (χ4v) is 6.27. The van der Waals surface area contributed by atoms with Crippen molar-refractivity contribution in [2.24, 2.45) is 0 Å². The van der Waals surface area contributed by atoms with E-state index in [2.05, 4.69) is 10.1 Å². The van der Waals surface area contributed by atoms with Gasteiger partial charge in [0.05, 0.1) is 34.6 Å². The highest BCUT2D eigenvalue weighted by Gasteiger charge is 2.37. The van der Waals surface area contributed by atoms with Gasteiger partial charge in [0.2, 0.25) is 5.71 Å². The van der Waals surface area contributed by atoms with Crippen LogP contribution in [0.3, 0.4) is 0 Å². The Bertz CT molecular complexity index is 2760. The number of rotatable bonds is 3. The standard InChI is InChI=1S/C39H37F2N5O9/c1-37(2,3)53-34(48)45(35(49)54-38(4,5)6)31-22-15-19(23(40)16-25(22)46(43-31)36(50)55-39(7,8)9)18-44-26-17-24(41)20-12-14-51-30(20)28(26)27-21-11-10-13-42-32(21)52-33(47)29(27)44/h10-17H,18H2,1-9H3. The maximum absolute atomic E-state index is 16.5. The van der Waals surface area contributed by atoms with E-state index in [9.17, 15) is 19.2 Å². The van der Waals surface area contributed by atoms with Crippen LogP contribution in [0, 0.1) is 11.6 Å². The first-order chi connectivity index (χ1) is 25.6. The SMILES string of the molecule is CC(C)(C)OC(=O)N(C(=O)OC(C)(C)C)c1nn(C(=O)OC(C)(C)C)c2cc(F)c(Cn3c4cc(F)c5ccoc5c4c4c5cccnc5oc(=O)c43)cc12. The minimum atomic E-state index is -1.19. The zero-order valence-electron chi connectivity index (χ0n) is 31.5. The monoisotopic (exact) mass is 757 g/mol. The molecule has 0 N–H and O–H groups in total. The van der Waals surface area contributed by atoms with Gasteiger partial charge in [-0.1, -0.05) is 0 Å². The van der Waals surface area contributed by atoms with Crippen molar-refractivity contribution >= 4 is 78.9 Å². The Morgan fingerprint density at radius 1 is 0.800 bits per heavy atom. The van der Waals surface area contributed by atoms with Crippen molar-refractivity contribution in [1.29, 1.82) is 0 Å². The fourth-order valence-electron chi connectivity index (χ4n) is 6.27. The lowest BCUT2D eigenvalue weighted by molar-refractivity contribution is 0.0420. The first-order valence-corrected chi connectivity index (χ1v) is 17.2. The Hall–Kier alpha value is -6.32.